The van der Waals surface area contributed by atoms with Gasteiger partial charge in [0.25, 0.3) is 0 Å². The zero-order valence-corrected chi connectivity index (χ0v) is 6.28. The van der Waals surface area contributed by atoms with Gasteiger partial charge >= 0.3 is 0 Å². The predicted molar refractivity (Wildman–Crippen MR) is 39.9 cm³/mol. The maximum atomic E-state index is 10.0. The molecule has 0 amide bonds. The van der Waals surface area contributed by atoms with Crippen molar-refractivity contribution in [1.82, 2.24) is 4.98 Å². The highest BCUT2D eigenvalue weighted by Crippen LogP contribution is 2.11. The summed E-state index contributed by atoms with van der Waals surface area (Å²) in [5.74, 6) is 0. The smallest absolute Gasteiger partial charge is 0.231 e. The van der Waals surface area contributed by atoms with E-state index >= 15 is 0 Å². The van der Waals surface area contributed by atoms with E-state index in [0.717, 1.165) is 0 Å². The van der Waals surface area contributed by atoms with Crippen LogP contribution < -0.4 is 0 Å². The molecular weight excluding hydrogens is 168 g/mol. The van der Waals surface area contributed by atoms with Gasteiger partial charge in [0.05, 0.1) is 5.56 Å². The third-order valence-electron chi connectivity index (χ3n) is 1.14. The number of halogens is 1. The molecule has 5 heteroatoms. The van der Waals surface area contributed by atoms with E-state index in [2.05, 4.69) is 4.98 Å². The maximum Gasteiger partial charge on any atom is 0.231 e. The SMILES string of the molecule is O=[N+]([O-])Cc1cccnc1Cl. The molecule has 4 nitrogen and oxygen atoms in total. The lowest BCUT2D eigenvalue weighted by molar-refractivity contribution is -0.496. The first-order valence-electron chi connectivity index (χ1n) is 2.91. The van der Waals surface area contributed by atoms with Crippen molar-refractivity contribution in [2.75, 3.05) is 0 Å². The Labute approximate surface area is 68.0 Å². The van der Waals surface area contributed by atoms with Gasteiger partial charge in [-0.15, -0.1) is 0 Å². The molecule has 1 heterocycles. The Bertz CT molecular complexity index is 277. The van der Waals surface area contributed by atoms with Crippen LogP contribution in [0.15, 0.2) is 18.3 Å². The molecule has 0 aliphatic carbocycles. The van der Waals surface area contributed by atoms with Crippen molar-refractivity contribution in [2.24, 2.45) is 0 Å². The molecule has 0 saturated heterocycles. The van der Waals surface area contributed by atoms with Crippen LogP contribution in [0.25, 0.3) is 0 Å². The maximum absolute atomic E-state index is 10.0. The molecule has 0 saturated carbocycles. The fraction of sp³-hybridized carbons (Fsp3) is 0.167. The van der Waals surface area contributed by atoms with Crippen LogP contribution in [0.5, 0.6) is 0 Å². The monoisotopic (exact) mass is 172 g/mol. The molecule has 1 rings (SSSR count). The van der Waals surface area contributed by atoms with Gasteiger partial charge in [-0.2, -0.15) is 0 Å². The van der Waals surface area contributed by atoms with E-state index in [0.29, 0.717) is 5.56 Å². The van der Waals surface area contributed by atoms with Crippen LogP contribution in [0.4, 0.5) is 0 Å². The molecular formula is C6H5ClN2O2. The van der Waals surface area contributed by atoms with Crippen LogP contribution >= 0.6 is 11.6 Å². The fourth-order valence-corrected chi connectivity index (χ4v) is 0.855. The molecule has 0 unspecified atom stereocenters. The van der Waals surface area contributed by atoms with Crippen molar-refractivity contribution >= 4 is 11.6 Å². The number of nitro groups is 1. The lowest BCUT2D eigenvalue weighted by Crippen LogP contribution is -1.99. The summed E-state index contributed by atoms with van der Waals surface area (Å²) in [4.78, 5) is 13.3. The Morgan fingerprint density at radius 1 is 1.73 bits per heavy atom. The molecule has 0 atom stereocenters. The number of pyridine rings is 1. The van der Waals surface area contributed by atoms with Crippen molar-refractivity contribution in [3.8, 4) is 0 Å². The van der Waals surface area contributed by atoms with E-state index in [-0.39, 0.29) is 11.7 Å². The van der Waals surface area contributed by atoms with Crippen LogP contribution in [0, 0.1) is 10.1 Å². The topological polar surface area (TPSA) is 56.0 Å². The molecule has 0 spiro atoms. The van der Waals surface area contributed by atoms with Crippen molar-refractivity contribution in [1.29, 1.82) is 0 Å². The predicted octanol–water partition coefficient (Wildman–Crippen LogP) is 1.51. The Hall–Kier alpha value is -1.16. The van der Waals surface area contributed by atoms with Crippen molar-refractivity contribution in [2.45, 2.75) is 6.54 Å². The molecule has 58 valence electrons. The van der Waals surface area contributed by atoms with E-state index in [1.165, 1.54) is 6.20 Å². The molecule has 0 bridgehead atoms. The van der Waals surface area contributed by atoms with Gasteiger partial charge in [-0.3, -0.25) is 10.1 Å². The molecule has 0 fully saturated rings. The number of rotatable bonds is 2. The minimum Gasteiger partial charge on any atom is -0.264 e. The summed E-state index contributed by atoms with van der Waals surface area (Å²) < 4.78 is 0. The Kier molecular flexibility index (Phi) is 2.38. The first kappa shape index (κ1) is 7.94. The second-order valence-electron chi connectivity index (χ2n) is 1.94. The summed E-state index contributed by atoms with van der Waals surface area (Å²) >= 11 is 5.55. The summed E-state index contributed by atoms with van der Waals surface area (Å²) in [6, 6.07) is 3.20. The molecule has 1 aromatic heterocycles. The minimum atomic E-state index is -0.442. The Balaban J connectivity index is 2.86. The Morgan fingerprint density at radius 3 is 3.00 bits per heavy atom. The number of hydrogen-bond acceptors (Lipinski definition) is 3. The van der Waals surface area contributed by atoms with Crippen LogP contribution in [0.1, 0.15) is 5.56 Å². The van der Waals surface area contributed by atoms with Gasteiger partial charge in [0.2, 0.25) is 6.54 Å². The van der Waals surface area contributed by atoms with Crippen LogP contribution in [0.2, 0.25) is 5.15 Å². The van der Waals surface area contributed by atoms with E-state index in [1.807, 2.05) is 0 Å². The molecule has 0 aliphatic rings. The minimum absolute atomic E-state index is 0.198. The van der Waals surface area contributed by atoms with Gasteiger partial charge in [-0.1, -0.05) is 11.6 Å². The number of nitrogens with zero attached hydrogens (tertiary/aromatic N) is 2. The highest BCUT2D eigenvalue weighted by atomic mass is 35.5. The summed E-state index contributed by atoms with van der Waals surface area (Å²) in [6.07, 6.45) is 1.49. The molecule has 11 heavy (non-hydrogen) atoms. The zero-order valence-electron chi connectivity index (χ0n) is 5.53. The highest BCUT2D eigenvalue weighted by Gasteiger charge is 2.05. The normalized spacial score (nSPS) is 9.55. The lowest BCUT2D eigenvalue weighted by atomic mass is 10.3. The first-order valence-corrected chi connectivity index (χ1v) is 3.29. The van der Waals surface area contributed by atoms with Gasteiger partial charge in [0, 0.05) is 11.1 Å². The summed E-state index contributed by atoms with van der Waals surface area (Å²) in [5.41, 5.74) is 0.444. The van der Waals surface area contributed by atoms with E-state index in [1.54, 1.807) is 12.1 Å². The van der Waals surface area contributed by atoms with Gasteiger partial charge in [-0.25, -0.2) is 4.98 Å². The van der Waals surface area contributed by atoms with Gasteiger partial charge in [-0.05, 0) is 12.1 Å². The lowest BCUT2D eigenvalue weighted by Gasteiger charge is -1.95. The second-order valence-corrected chi connectivity index (χ2v) is 2.30. The summed E-state index contributed by atoms with van der Waals surface area (Å²) in [5, 5.41) is 10.2. The zero-order chi connectivity index (χ0) is 8.27. The van der Waals surface area contributed by atoms with E-state index in [4.69, 9.17) is 11.6 Å². The molecule has 0 aliphatic heterocycles. The molecule has 1 aromatic rings. The standard InChI is InChI=1S/C6H5ClN2O2/c7-6-5(4-9(10)11)2-1-3-8-6/h1-3H,4H2. The van der Waals surface area contributed by atoms with E-state index in [9.17, 15) is 10.1 Å². The largest absolute Gasteiger partial charge is 0.264 e. The van der Waals surface area contributed by atoms with Gasteiger partial charge < -0.3 is 0 Å². The summed E-state index contributed by atoms with van der Waals surface area (Å²) in [6.45, 7) is -0.271. The highest BCUT2D eigenvalue weighted by molar-refractivity contribution is 6.30. The first-order chi connectivity index (χ1) is 5.20. The van der Waals surface area contributed by atoms with Crippen LogP contribution in [-0.4, -0.2) is 9.91 Å². The summed E-state index contributed by atoms with van der Waals surface area (Å²) in [7, 11) is 0. The van der Waals surface area contributed by atoms with Gasteiger partial charge in [0.1, 0.15) is 5.15 Å². The number of hydrogen-bond donors (Lipinski definition) is 0. The van der Waals surface area contributed by atoms with Crippen molar-refractivity contribution in [3.05, 3.63) is 39.2 Å². The quantitative estimate of drug-likeness (QED) is 0.386. The van der Waals surface area contributed by atoms with E-state index < -0.39 is 4.92 Å². The Morgan fingerprint density at radius 2 is 2.45 bits per heavy atom. The second kappa shape index (κ2) is 3.30. The third kappa shape index (κ3) is 2.16. The van der Waals surface area contributed by atoms with Crippen molar-refractivity contribution in [3.63, 3.8) is 0 Å². The molecule has 0 radical (unpaired) electrons. The third-order valence-corrected chi connectivity index (χ3v) is 1.48. The average molecular weight is 173 g/mol. The fourth-order valence-electron chi connectivity index (χ4n) is 0.676. The molecule has 0 N–H and O–H groups in total. The van der Waals surface area contributed by atoms with Crippen LogP contribution in [0.3, 0.4) is 0 Å². The average Bonchev–Trinajstić information content (AvgIpc) is 1.93. The molecule has 0 aromatic carbocycles. The van der Waals surface area contributed by atoms with Crippen LogP contribution in [-0.2, 0) is 6.54 Å². The van der Waals surface area contributed by atoms with Gasteiger partial charge in [0.15, 0.2) is 0 Å². The van der Waals surface area contributed by atoms with Crippen molar-refractivity contribution < 1.29 is 4.92 Å². The number of aromatic nitrogens is 1.